The van der Waals surface area contributed by atoms with Gasteiger partial charge in [-0.3, -0.25) is 9.59 Å². The molecule has 3 rings (SSSR count). The molecule has 1 aromatic heterocycles. The van der Waals surface area contributed by atoms with Crippen LogP contribution in [0.25, 0.3) is 5.69 Å². The van der Waals surface area contributed by atoms with Gasteiger partial charge in [0.2, 0.25) is 0 Å². The molecule has 0 aliphatic heterocycles. The highest BCUT2D eigenvalue weighted by Crippen LogP contribution is 2.28. The number of hydrogen-bond donors (Lipinski definition) is 1. The fourth-order valence-corrected chi connectivity index (χ4v) is 4.23. The second kappa shape index (κ2) is 7.99. The second-order valence-electron chi connectivity index (χ2n) is 7.57. The molecule has 1 amide bonds. The lowest BCUT2D eigenvalue weighted by Crippen LogP contribution is -2.37. The number of benzene rings is 1. The average molecular weight is 368 g/mol. The van der Waals surface area contributed by atoms with E-state index in [4.69, 9.17) is 0 Å². The number of hydrogen-bond acceptors (Lipinski definition) is 2. The molecule has 1 fully saturated rings. The van der Waals surface area contributed by atoms with Crippen LogP contribution in [0.1, 0.15) is 53.8 Å². The Morgan fingerprint density at radius 3 is 2.44 bits per heavy atom. The monoisotopic (exact) mass is 368 g/mol. The van der Waals surface area contributed by atoms with Crippen LogP contribution < -0.4 is 0 Å². The third-order valence-electron chi connectivity index (χ3n) is 5.83. The van der Waals surface area contributed by atoms with Crippen LogP contribution in [-0.2, 0) is 4.79 Å². The van der Waals surface area contributed by atoms with Gasteiger partial charge in [0.15, 0.2) is 0 Å². The molecule has 2 aromatic rings. The Hall–Kier alpha value is -2.56. The number of amides is 1. The molecule has 1 N–H and O–H groups in total. The molecule has 1 aromatic carbocycles. The number of aliphatic carboxylic acids is 1. The van der Waals surface area contributed by atoms with Crippen molar-refractivity contribution in [1.82, 2.24) is 9.47 Å². The molecule has 0 radical (unpaired) electrons. The Labute approximate surface area is 160 Å². The summed E-state index contributed by atoms with van der Waals surface area (Å²) in [7, 11) is 1.85. The van der Waals surface area contributed by atoms with Crippen LogP contribution in [0.3, 0.4) is 0 Å². The van der Waals surface area contributed by atoms with E-state index in [-0.39, 0.29) is 17.9 Å². The van der Waals surface area contributed by atoms with Crippen LogP contribution >= 0.6 is 0 Å². The maximum Gasteiger partial charge on any atom is 0.306 e. The third kappa shape index (κ3) is 3.92. The highest BCUT2D eigenvalue weighted by atomic mass is 16.4. The molecule has 0 saturated heterocycles. The molecule has 1 saturated carbocycles. The number of carboxylic acids is 1. The van der Waals surface area contributed by atoms with Crippen LogP contribution in [0.5, 0.6) is 0 Å². The first kappa shape index (κ1) is 19.2. The smallest absolute Gasteiger partial charge is 0.306 e. The van der Waals surface area contributed by atoms with Gasteiger partial charge in [-0.2, -0.15) is 0 Å². The van der Waals surface area contributed by atoms with Crippen molar-refractivity contribution in [3.8, 4) is 5.69 Å². The highest BCUT2D eigenvalue weighted by Gasteiger charge is 2.29. The van der Waals surface area contributed by atoms with Crippen molar-refractivity contribution in [1.29, 1.82) is 0 Å². The van der Waals surface area contributed by atoms with E-state index < -0.39 is 5.97 Å². The first-order chi connectivity index (χ1) is 12.9. The fraction of sp³-hybridized carbons (Fsp3) is 0.455. The summed E-state index contributed by atoms with van der Waals surface area (Å²) in [5.74, 6) is -0.971. The van der Waals surface area contributed by atoms with E-state index >= 15 is 0 Å². The quantitative estimate of drug-likeness (QED) is 0.823. The standard InChI is InChI=1S/C22H28N2O3/c1-15-14-20(16(2)24(15)19-9-5-4-6-10-19)21(25)23(3)18-11-7-8-17(12-13-18)22(26)27/h4-6,9-10,14,17-18H,7-8,11-13H2,1-3H3,(H,26,27). The van der Waals surface area contributed by atoms with Crippen molar-refractivity contribution in [3.63, 3.8) is 0 Å². The molecule has 1 aliphatic rings. The lowest BCUT2D eigenvalue weighted by atomic mass is 10.0. The van der Waals surface area contributed by atoms with Crippen molar-refractivity contribution in [2.24, 2.45) is 5.92 Å². The van der Waals surface area contributed by atoms with E-state index in [0.29, 0.717) is 12.8 Å². The van der Waals surface area contributed by atoms with Gasteiger partial charge in [-0.15, -0.1) is 0 Å². The predicted molar refractivity (Wildman–Crippen MR) is 105 cm³/mol. The van der Waals surface area contributed by atoms with E-state index in [1.165, 1.54) is 0 Å². The van der Waals surface area contributed by atoms with Crippen LogP contribution in [0, 0.1) is 19.8 Å². The van der Waals surface area contributed by atoms with Gasteiger partial charge in [0.05, 0.1) is 11.5 Å². The number of aromatic nitrogens is 1. The van der Waals surface area contributed by atoms with E-state index in [2.05, 4.69) is 4.57 Å². The Morgan fingerprint density at radius 1 is 1.07 bits per heavy atom. The average Bonchev–Trinajstić information content (AvgIpc) is 2.83. The molecule has 1 heterocycles. The van der Waals surface area contributed by atoms with Gasteiger partial charge in [-0.05, 0) is 57.7 Å². The zero-order valence-corrected chi connectivity index (χ0v) is 16.3. The lowest BCUT2D eigenvalue weighted by molar-refractivity contribution is -0.142. The van der Waals surface area contributed by atoms with Gasteiger partial charge in [-0.1, -0.05) is 24.6 Å². The number of rotatable bonds is 4. The summed E-state index contributed by atoms with van der Waals surface area (Å²) in [6.07, 6.45) is 3.80. The summed E-state index contributed by atoms with van der Waals surface area (Å²) < 4.78 is 2.11. The number of para-hydroxylation sites is 1. The number of nitrogens with zero attached hydrogens (tertiary/aromatic N) is 2. The van der Waals surface area contributed by atoms with Gasteiger partial charge >= 0.3 is 5.97 Å². The van der Waals surface area contributed by atoms with Gasteiger partial charge < -0.3 is 14.6 Å². The summed E-state index contributed by atoms with van der Waals surface area (Å²) in [5.41, 5.74) is 3.74. The minimum Gasteiger partial charge on any atom is -0.481 e. The molecule has 1 aliphatic carbocycles. The van der Waals surface area contributed by atoms with Crippen molar-refractivity contribution < 1.29 is 14.7 Å². The Balaban J connectivity index is 1.81. The number of aryl methyl sites for hydroxylation is 1. The molecular weight excluding hydrogens is 340 g/mol. The fourth-order valence-electron chi connectivity index (χ4n) is 4.23. The summed E-state index contributed by atoms with van der Waals surface area (Å²) >= 11 is 0. The summed E-state index contributed by atoms with van der Waals surface area (Å²) in [6, 6.07) is 12.1. The lowest BCUT2D eigenvalue weighted by Gasteiger charge is -2.27. The highest BCUT2D eigenvalue weighted by molar-refractivity contribution is 5.96. The van der Waals surface area contributed by atoms with Crippen LogP contribution in [0.2, 0.25) is 0 Å². The minimum absolute atomic E-state index is 0.0176. The van der Waals surface area contributed by atoms with Gasteiger partial charge in [0.1, 0.15) is 0 Å². The van der Waals surface area contributed by atoms with E-state index in [1.807, 2.05) is 62.2 Å². The zero-order chi connectivity index (χ0) is 19.6. The van der Waals surface area contributed by atoms with Crippen molar-refractivity contribution in [2.45, 2.75) is 52.0 Å². The molecule has 2 unspecified atom stereocenters. The second-order valence-corrected chi connectivity index (χ2v) is 7.57. The SMILES string of the molecule is Cc1cc(C(=O)N(C)C2CCCC(C(=O)O)CC2)c(C)n1-c1ccccc1. The first-order valence-corrected chi connectivity index (χ1v) is 9.64. The summed E-state index contributed by atoms with van der Waals surface area (Å²) in [6.45, 7) is 3.99. The minimum atomic E-state index is -0.712. The Bertz CT molecular complexity index is 826. The Morgan fingerprint density at radius 2 is 1.78 bits per heavy atom. The molecule has 5 nitrogen and oxygen atoms in total. The van der Waals surface area contributed by atoms with Crippen LogP contribution in [-0.4, -0.2) is 39.5 Å². The largest absolute Gasteiger partial charge is 0.481 e. The number of carbonyl (C=O) groups excluding carboxylic acids is 1. The van der Waals surface area contributed by atoms with Crippen LogP contribution in [0.4, 0.5) is 0 Å². The summed E-state index contributed by atoms with van der Waals surface area (Å²) in [5, 5.41) is 9.27. The molecule has 0 spiro atoms. The number of carbonyl (C=O) groups is 2. The molecular formula is C22H28N2O3. The zero-order valence-electron chi connectivity index (χ0n) is 16.3. The van der Waals surface area contributed by atoms with Crippen LogP contribution in [0.15, 0.2) is 36.4 Å². The topological polar surface area (TPSA) is 62.5 Å². The van der Waals surface area contributed by atoms with Gasteiger partial charge in [-0.25, -0.2) is 0 Å². The maximum atomic E-state index is 13.2. The van der Waals surface area contributed by atoms with E-state index in [9.17, 15) is 14.7 Å². The van der Waals surface area contributed by atoms with E-state index in [1.54, 1.807) is 0 Å². The summed E-state index contributed by atoms with van der Waals surface area (Å²) in [4.78, 5) is 26.3. The van der Waals surface area contributed by atoms with Crippen molar-refractivity contribution >= 4 is 11.9 Å². The van der Waals surface area contributed by atoms with E-state index in [0.717, 1.165) is 41.9 Å². The van der Waals surface area contributed by atoms with Crippen molar-refractivity contribution in [2.75, 3.05) is 7.05 Å². The first-order valence-electron chi connectivity index (χ1n) is 9.64. The molecule has 5 heteroatoms. The maximum absolute atomic E-state index is 13.2. The normalized spacial score (nSPS) is 20.1. The van der Waals surface area contributed by atoms with Crippen molar-refractivity contribution in [3.05, 3.63) is 53.3 Å². The molecule has 144 valence electrons. The molecule has 27 heavy (non-hydrogen) atoms. The third-order valence-corrected chi connectivity index (χ3v) is 5.83. The van der Waals surface area contributed by atoms with Gasteiger partial charge in [0.25, 0.3) is 5.91 Å². The Kier molecular flexibility index (Phi) is 5.68. The predicted octanol–water partition coefficient (Wildman–Crippen LogP) is 4.20. The number of carboxylic acid groups (broad SMARTS) is 1. The van der Waals surface area contributed by atoms with Gasteiger partial charge in [0, 0.05) is 30.2 Å². The molecule has 0 bridgehead atoms. The molecule has 2 atom stereocenters.